The van der Waals surface area contributed by atoms with E-state index in [1.807, 2.05) is 13.8 Å². The molecule has 1 aromatic carbocycles. The fraction of sp³-hybridized carbons (Fsp3) is 0.278. The number of pyridine rings is 1. The first-order valence-corrected chi connectivity index (χ1v) is 7.91. The second-order valence-corrected chi connectivity index (χ2v) is 5.66. The van der Waals surface area contributed by atoms with E-state index in [4.69, 9.17) is 9.47 Å². The molecule has 2 aromatic rings. The minimum Gasteiger partial charge on any atom is -0.478 e. The average molecular weight is 362 g/mol. The van der Waals surface area contributed by atoms with Crippen LogP contribution in [0.3, 0.4) is 0 Å². The number of nitrogens with one attached hydrogen (secondary N) is 1. The quantitative estimate of drug-likeness (QED) is 0.748. The smallest absolute Gasteiger partial charge is 0.346 e. The SMILES string of the molecule is CC(C)Oc1ccc(C(=O)NCC(Oc2ccc(F)cc2)C(=O)O)cn1. The number of benzene rings is 1. The largest absolute Gasteiger partial charge is 0.478 e. The number of nitrogens with zero attached hydrogens (tertiary/aromatic N) is 1. The molecule has 1 aromatic heterocycles. The Balaban J connectivity index is 1.94. The zero-order valence-corrected chi connectivity index (χ0v) is 14.3. The number of amides is 1. The highest BCUT2D eigenvalue weighted by Gasteiger charge is 2.21. The van der Waals surface area contributed by atoms with E-state index in [0.29, 0.717) is 5.88 Å². The number of hydrogen-bond acceptors (Lipinski definition) is 5. The summed E-state index contributed by atoms with van der Waals surface area (Å²) in [5.74, 6) is -1.64. The highest BCUT2D eigenvalue weighted by atomic mass is 19.1. The van der Waals surface area contributed by atoms with Crippen molar-refractivity contribution in [1.29, 1.82) is 0 Å². The van der Waals surface area contributed by atoms with Gasteiger partial charge in [-0.25, -0.2) is 14.2 Å². The van der Waals surface area contributed by atoms with E-state index in [1.165, 1.54) is 24.4 Å². The summed E-state index contributed by atoms with van der Waals surface area (Å²) in [5, 5.41) is 11.7. The lowest BCUT2D eigenvalue weighted by molar-refractivity contribution is -0.144. The van der Waals surface area contributed by atoms with Crippen molar-refractivity contribution in [3.63, 3.8) is 0 Å². The highest BCUT2D eigenvalue weighted by Crippen LogP contribution is 2.13. The van der Waals surface area contributed by atoms with Crippen LogP contribution < -0.4 is 14.8 Å². The molecule has 0 aliphatic carbocycles. The molecular formula is C18H19FN2O5. The van der Waals surface area contributed by atoms with Gasteiger partial charge in [0, 0.05) is 12.3 Å². The Labute approximate surface area is 149 Å². The van der Waals surface area contributed by atoms with E-state index in [-0.39, 0.29) is 24.0 Å². The minimum absolute atomic E-state index is 0.0397. The molecule has 1 unspecified atom stereocenters. The summed E-state index contributed by atoms with van der Waals surface area (Å²) in [4.78, 5) is 27.4. The lowest BCUT2D eigenvalue weighted by atomic mass is 10.2. The summed E-state index contributed by atoms with van der Waals surface area (Å²) in [7, 11) is 0. The van der Waals surface area contributed by atoms with Crippen molar-refractivity contribution in [2.45, 2.75) is 26.1 Å². The molecule has 1 heterocycles. The van der Waals surface area contributed by atoms with Crippen LogP contribution in [0.2, 0.25) is 0 Å². The van der Waals surface area contributed by atoms with E-state index in [1.54, 1.807) is 6.07 Å². The van der Waals surface area contributed by atoms with Gasteiger partial charge in [-0.15, -0.1) is 0 Å². The number of rotatable bonds is 8. The molecule has 2 rings (SSSR count). The van der Waals surface area contributed by atoms with Crippen molar-refractivity contribution in [3.8, 4) is 11.6 Å². The van der Waals surface area contributed by atoms with Gasteiger partial charge in [0.2, 0.25) is 12.0 Å². The highest BCUT2D eigenvalue weighted by molar-refractivity contribution is 5.94. The van der Waals surface area contributed by atoms with Gasteiger partial charge >= 0.3 is 5.97 Å². The predicted octanol–water partition coefficient (Wildman–Crippen LogP) is 2.27. The number of carboxylic acids is 1. The van der Waals surface area contributed by atoms with Crippen molar-refractivity contribution in [2.75, 3.05) is 6.54 Å². The molecule has 138 valence electrons. The maximum absolute atomic E-state index is 12.9. The number of aliphatic carboxylic acids is 1. The molecule has 1 amide bonds. The van der Waals surface area contributed by atoms with Gasteiger partial charge in [-0.1, -0.05) is 0 Å². The maximum atomic E-state index is 12.9. The number of hydrogen-bond donors (Lipinski definition) is 2. The van der Waals surface area contributed by atoms with Crippen molar-refractivity contribution < 1.29 is 28.6 Å². The van der Waals surface area contributed by atoms with Crippen LogP contribution in [0.5, 0.6) is 11.6 Å². The molecule has 0 bridgehead atoms. The summed E-state index contributed by atoms with van der Waals surface area (Å²) in [6, 6.07) is 8.00. The monoisotopic (exact) mass is 362 g/mol. The Morgan fingerprint density at radius 2 is 1.85 bits per heavy atom. The van der Waals surface area contributed by atoms with E-state index in [2.05, 4.69) is 10.3 Å². The molecule has 0 aliphatic rings. The van der Waals surface area contributed by atoms with Crippen LogP contribution in [0.4, 0.5) is 4.39 Å². The number of carbonyl (C=O) groups excluding carboxylic acids is 1. The molecule has 1 atom stereocenters. The second kappa shape index (κ2) is 8.80. The summed E-state index contributed by atoms with van der Waals surface area (Å²) in [5.41, 5.74) is 0.257. The van der Waals surface area contributed by atoms with E-state index >= 15 is 0 Å². The van der Waals surface area contributed by atoms with Crippen molar-refractivity contribution in [1.82, 2.24) is 10.3 Å². The number of carboxylic acid groups (broad SMARTS) is 1. The molecule has 0 fully saturated rings. The van der Waals surface area contributed by atoms with E-state index in [9.17, 15) is 19.1 Å². The molecule has 0 aliphatic heterocycles. The third-order valence-electron chi connectivity index (χ3n) is 3.17. The third kappa shape index (κ3) is 5.73. The molecule has 7 nitrogen and oxygen atoms in total. The third-order valence-corrected chi connectivity index (χ3v) is 3.17. The fourth-order valence-electron chi connectivity index (χ4n) is 1.97. The van der Waals surface area contributed by atoms with Gasteiger partial charge in [0.15, 0.2) is 0 Å². The number of aromatic nitrogens is 1. The first-order valence-electron chi connectivity index (χ1n) is 7.91. The van der Waals surface area contributed by atoms with E-state index < -0.39 is 23.8 Å². The molecule has 0 saturated carbocycles. The van der Waals surface area contributed by atoms with Gasteiger partial charge in [-0.2, -0.15) is 0 Å². The molecule has 8 heteroatoms. The minimum atomic E-state index is -1.32. The van der Waals surface area contributed by atoms with Gasteiger partial charge in [-0.05, 0) is 44.2 Å². The molecule has 0 spiro atoms. The Morgan fingerprint density at radius 3 is 2.38 bits per heavy atom. The summed E-state index contributed by atoms with van der Waals surface area (Å²) in [6.07, 6.45) is -0.0214. The van der Waals surface area contributed by atoms with Gasteiger partial charge in [0.05, 0.1) is 18.2 Å². The van der Waals surface area contributed by atoms with Gasteiger partial charge in [0.25, 0.3) is 5.91 Å². The van der Waals surface area contributed by atoms with Gasteiger partial charge < -0.3 is 19.9 Å². The normalized spacial score (nSPS) is 11.7. The molecule has 0 saturated heterocycles. The zero-order valence-electron chi connectivity index (χ0n) is 14.3. The fourth-order valence-corrected chi connectivity index (χ4v) is 1.97. The molecule has 0 radical (unpaired) electrons. The van der Waals surface area contributed by atoms with Crippen LogP contribution in [0.1, 0.15) is 24.2 Å². The predicted molar refractivity (Wildman–Crippen MR) is 90.8 cm³/mol. The summed E-state index contributed by atoms with van der Waals surface area (Å²) in [6.45, 7) is 3.45. The van der Waals surface area contributed by atoms with Crippen LogP contribution >= 0.6 is 0 Å². The van der Waals surface area contributed by atoms with Crippen molar-refractivity contribution >= 4 is 11.9 Å². The Morgan fingerprint density at radius 1 is 1.15 bits per heavy atom. The summed E-state index contributed by atoms with van der Waals surface area (Å²) >= 11 is 0. The molecular weight excluding hydrogens is 343 g/mol. The van der Waals surface area contributed by atoms with Crippen LogP contribution in [-0.4, -0.2) is 40.7 Å². The Hall–Kier alpha value is -3.16. The summed E-state index contributed by atoms with van der Waals surface area (Å²) < 4.78 is 23.5. The average Bonchev–Trinajstić information content (AvgIpc) is 2.59. The number of ether oxygens (including phenoxy) is 2. The van der Waals surface area contributed by atoms with Crippen molar-refractivity contribution in [3.05, 3.63) is 54.0 Å². The topological polar surface area (TPSA) is 97.8 Å². The van der Waals surface area contributed by atoms with Crippen molar-refractivity contribution in [2.24, 2.45) is 0 Å². The van der Waals surface area contributed by atoms with Gasteiger partial charge in [-0.3, -0.25) is 4.79 Å². The number of carbonyl (C=O) groups is 2. The Bertz CT molecular complexity index is 747. The van der Waals surface area contributed by atoms with Crippen LogP contribution in [0, 0.1) is 5.82 Å². The van der Waals surface area contributed by atoms with Crippen LogP contribution in [-0.2, 0) is 4.79 Å². The second-order valence-electron chi connectivity index (χ2n) is 5.66. The molecule has 26 heavy (non-hydrogen) atoms. The lowest BCUT2D eigenvalue weighted by Crippen LogP contribution is -2.40. The first kappa shape index (κ1) is 19.2. The zero-order chi connectivity index (χ0) is 19.1. The standard InChI is InChI=1S/C18H19FN2O5/c1-11(2)25-16-8-3-12(9-20-16)17(22)21-10-15(18(23)24)26-14-6-4-13(19)5-7-14/h3-9,11,15H,10H2,1-2H3,(H,21,22)(H,23,24). The van der Waals surface area contributed by atoms with Crippen LogP contribution in [0.15, 0.2) is 42.6 Å². The molecule has 2 N–H and O–H groups in total. The maximum Gasteiger partial charge on any atom is 0.346 e. The lowest BCUT2D eigenvalue weighted by Gasteiger charge is -2.16. The first-order chi connectivity index (χ1) is 12.3. The van der Waals surface area contributed by atoms with Gasteiger partial charge in [0.1, 0.15) is 11.6 Å². The Kier molecular flexibility index (Phi) is 6.48. The number of halogens is 1. The van der Waals surface area contributed by atoms with Crippen LogP contribution in [0.25, 0.3) is 0 Å². The van der Waals surface area contributed by atoms with E-state index in [0.717, 1.165) is 12.1 Å².